The van der Waals surface area contributed by atoms with Gasteiger partial charge < -0.3 is 15.0 Å². The number of likely N-dealkylation sites (tertiary alicyclic amines) is 1. The summed E-state index contributed by atoms with van der Waals surface area (Å²) in [6.07, 6.45) is 3.15. The fraction of sp³-hybridized carbons (Fsp3) is 0.250. The summed E-state index contributed by atoms with van der Waals surface area (Å²) in [6, 6.07) is 23.4. The average molecular weight is 422 g/mol. The SMILES string of the molecule is O=C(NC(c1ccccc1)c1ccccc1)N1CCC(Oc2ccc(Cl)cn2)CC1. The highest BCUT2D eigenvalue weighted by molar-refractivity contribution is 6.30. The number of aromatic nitrogens is 1. The van der Waals surface area contributed by atoms with E-state index in [4.69, 9.17) is 16.3 Å². The van der Waals surface area contributed by atoms with Gasteiger partial charge in [-0.2, -0.15) is 0 Å². The van der Waals surface area contributed by atoms with Crippen molar-refractivity contribution in [1.29, 1.82) is 0 Å². The molecule has 4 rings (SSSR count). The Balaban J connectivity index is 1.37. The topological polar surface area (TPSA) is 54.5 Å². The highest BCUT2D eigenvalue weighted by atomic mass is 35.5. The molecule has 1 saturated heterocycles. The van der Waals surface area contributed by atoms with E-state index in [-0.39, 0.29) is 18.2 Å². The number of carbonyl (C=O) groups excluding carboxylic acids is 1. The average Bonchev–Trinajstić information content (AvgIpc) is 2.80. The first kappa shape index (κ1) is 20.2. The third kappa shape index (κ3) is 5.10. The molecule has 154 valence electrons. The molecule has 30 heavy (non-hydrogen) atoms. The molecule has 1 fully saturated rings. The van der Waals surface area contributed by atoms with Crippen LogP contribution in [0.4, 0.5) is 4.79 Å². The van der Waals surface area contributed by atoms with E-state index in [1.807, 2.05) is 65.6 Å². The second-order valence-electron chi connectivity index (χ2n) is 7.32. The molecule has 0 unspecified atom stereocenters. The van der Waals surface area contributed by atoms with E-state index in [2.05, 4.69) is 10.3 Å². The van der Waals surface area contributed by atoms with Gasteiger partial charge in [0.2, 0.25) is 5.88 Å². The van der Waals surface area contributed by atoms with E-state index in [0.717, 1.165) is 24.0 Å². The van der Waals surface area contributed by atoms with E-state index in [0.29, 0.717) is 24.0 Å². The minimum Gasteiger partial charge on any atom is -0.474 e. The summed E-state index contributed by atoms with van der Waals surface area (Å²) in [5, 5.41) is 3.79. The van der Waals surface area contributed by atoms with Crippen molar-refractivity contribution >= 4 is 17.6 Å². The zero-order valence-electron chi connectivity index (χ0n) is 16.6. The Hall–Kier alpha value is -3.05. The molecule has 0 saturated carbocycles. The van der Waals surface area contributed by atoms with Crippen LogP contribution in [0.5, 0.6) is 5.88 Å². The number of hydrogen-bond acceptors (Lipinski definition) is 3. The van der Waals surface area contributed by atoms with Crippen molar-refractivity contribution in [3.63, 3.8) is 0 Å². The number of urea groups is 1. The van der Waals surface area contributed by atoms with Crippen LogP contribution >= 0.6 is 11.6 Å². The predicted molar refractivity (Wildman–Crippen MR) is 118 cm³/mol. The zero-order chi connectivity index (χ0) is 20.8. The molecule has 1 aromatic heterocycles. The molecule has 0 bridgehead atoms. The van der Waals surface area contributed by atoms with Crippen LogP contribution in [0.25, 0.3) is 0 Å². The van der Waals surface area contributed by atoms with Gasteiger partial charge in [-0.3, -0.25) is 0 Å². The number of carbonyl (C=O) groups is 1. The molecule has 0 aliphatic carbocycles. The van der Waals surface area contributed by atoms with Crippen molar-refractivity contribution in [1.82, 2.24) is 15.2 Å². The molecular formula is C24H24ClN3O2. The lowest BCUT2D eigenvalue weighted by Crippen LogP contribution is -2.47. The normalized spacial score (nSPS) is 14.5. The van der Waals surface area contributed by atoms with Crippen LogP contribution in [0.3, 0.4) is 0 Å². The molecule has 0 radical (unpaired) electrons. The number of nitrogens with zero attached hydrogens (tertiary/aromatic N) is 2. The van der Waals surface area contributed by atoms with Crippen LogP contribution in [0, 0.1) is 0 Å². The Bertz CT molecular complexity index is 904. The molecule has 0 atom stereocenters. The van der Waals surface area contributed by atoms with Gasteiger partial charge in [0.25, 0.3) is 0 Å². The predicted octanol–water partition coefficient (Wildman–Crippen LogP) is 5.08. The van der Waals surface area contributed by atoms with Crippen molar-refractivity contribution < 1.29 is 9.53 Å². The Labute approximate surface area is 181 Å². The first-order chi connectivity index (χ1) is 14.7. The van der Waals surface area contributed by atoms with Gasteiger partial charge in [0, 0.05) is 38.2 Å². The lowest BCUT2D eigenvalue weighted by Gasteiger charge is -2.33. The first-order valence-corrected chi connectivity index (χ1v) is 10.5. The van der Waals surface area contributed by atoms with E-state index in [1.165, 1.54) is 0 Å². The zero-order valence-corrected chi connectivity index (χ0v) is 17.3. The van der Waals surface area contributed by atoms with Gasteiger partial charge in [-0.1, -0.05) is 72.3 Å². The fourth-order valence-corrected chi connectivity index (χ4v) is 3.76. The molecule has 2 aromatic carbocycles. The number of halogens is 1. The van der Waals surface area contributed by atoms with Crippen molar-refractivity contribution in [3.05, 3.63) is 95.1 Å². The Morgan fingerprint density at radius 1 is 0.967 bits per heavy atom. The summed E-state index contributed by atoms with van der Waals surface area (Å²) < 4.78 is 5.93. The van der Waals surface area contributed by atoms with E-state index >= 15 is 0 Å². The molecule has 2 amide bonds. The highest BCUT2D eigenvalue weighted by Gasteiger charge is 2.26. The smallest absolute Gasteiger partial charge is 0.318 e. The summed E-state index contributed by atoms with van der Waals surface area (Å²) in [5.41, 5.74) is 2.12. The minimum atomic E-state index is -0.188. The number of hydrogen-bond donors (Lipinski definition) is 1. The molecule has 2 heterocycles. The molecule has 6 heteroatoms. The number of piperidine rings is 1. The molecule has 1 aliphatic heterocycles. The third-order valence-corrected chi connectivity index (χ3v) is 5.47. The molecule has 3 aromatic rings. The van der Waals surface area contributed by atoms with Crippen LogP contribution in [-0.4, -0.2) is 35.1 Å². The Morgan fingerprint density at radius 2 is 1.57 bits per heavy atom. The molecule has 1 aliphatic rings. The van der Waals surface area contributed by atoms with Gasteiger partial charge in [0.1, 0.15) is 6.10 Å². The van der Waals surface area contributed by atoms with Crippen LogP contribution in [0.1, 0.15) is 30.0 Å². The van der Waals surface area contributed by atoms with Gasteiger partial charge in [-0.15, -0.1) is 0 Å². The Kier molecular flexibility index (Phi) is 6.50. The standard InChI is InChI=1S/C24H24ClN3O2/c25-20-11-12-22(26-17-20)30-21-13-15-28(16-14-21)24(29)27-23(18-7-3-1-4-8-18)19-9-5-2-6-10-19/h1-12,17,21,23H,13-16H2,(H,27,29). The van der Waals surface area contributed by atoms with Gasteiger partial charge in [-0.05, 0) is 17.2 Å². The number of amides is 2. The van der Waals surface area contributed by atoms with Crippen molar-refractivity contribution in [3.8, 4) is 5.88 Å². The molecule has 0 spiro atoms. The molecule has 5 nitrogen and oxygen atoms in total. The summed E-state index contributed by atoms with van der Waals surface area (Å²) in [4.78, 5) is 19.0. The van der Waals surface area contributed by atoms with Gasteiger partial charge in [0.15, 0.2) is 0 Å². The maximum Gasteiger partial charge on any atom is 0.318 e. The number of rotatable bonds is 5. The van der Waals surface area contributed by atoms with E-state index < -0.39 is 0 Å². The maximum atomic E-state index is 13.0. The van der Waals surface area contributed by atoms with E-state index in [1.54, 1.807) is 18.3 Å². The lowest BCUT2D eigenvalue weighted by atomic mass is 9.99. The summed E-state index contributed by atoms with van der Waals surface area (Å²) in [5.74, 6) is 0.565. The summed E-state index contributed by atoms with van der Waals surface area (Å²) >= 11 is 5.87. The molecular weight excluding hydrogens is 398 g/mol. The van der Waals surface area contributed by atoms with Crippen molar-refractivity contribution in [2.75, 3.05) is 13.1 Å². The Morgan fingerprint density at radius 3 is 2.10 bits per heavy atom. The second kappa shape index (κ2) is 9.63. The molecule has 1 N–H and O–H groups in total. The monoisotopic (exact) mass is 421 g/mol. The third-order valence-electron chi connectivity index (χ3n) is 5.25. The number of benzene rings is 2. The lowest BCUT2D eigenvalue weighted by molar-refractivity contribution is 0.107. The van der Waals surface area contributed by atoms with Crippen LogP contribution in [-0.2, 0) is 0 Å². The number of pyridine rings is 1. The maximum absolute atomic E-state index is 13.0. The largest absolute Gasteiger partial charge is 0.474 e. The van der Waals surface area contributed by atoms with Crippen LogP contribution < -0.4 is 10.1 Å². The summed E-state index contributed by atoms with van der Waals surface area (Å²) in [7, 11) is 0. The van der Waals surface area contributed by atoms with Gasteiger partial charge in [-0.25, -0.2) is 9.78 Å². The minimum absolute atomic E-state index is 0.0433. The number of nitrogens with one attached hydrogen (secondary N) is 1. The highest BCUT2D eigenvalue weighted by Crippen LogP contribution is 2.23. The second-order valence-corrected chi connectivity index (χ2v) is 7.76. The van der Waals surface area contributed by atoms with Crippen molar-refractivity contribution in [2.45, 2.75) is 25.0 Å². The van der Waals surface area contributed by atoms with E-state index in [9.17, 15) is 4.79 Å². The van der Waals surface area contributed by atoms with Crippen LogP contribution in [0.2, 0.25) is 5.02 Å². The van der Waals surface area contributed by atoms with Crippen molar-refractivity contribution in [2.24, 2.45) is 0 Å². The summed E-state index contributed by atoms with van der Waals surface area (Å²) in [6.45, 7) is 1.28. The number of ether oxygens (including phenoxy) is 1. The van der Waals surface area contributed by atoms with Gasteiger partial charge in [0.05, 0.1) is 11.1 Å². The van der Waals surface area contributed by atoms with Gasteiger partial charge >= 0.3 is 6.03 Å². The fourth-order valence-electron chi connectivity index (χ4n) is 3.64. The quantitative estimate of drug-likeness (QED) is 0.625. The van der Waals surface area contributed by atoms with Crippen LogP contribution in [0.15, 0.2) is 79.0 Å². The first-order valence-electron chi connectivity index (χ1n) is 10.1.